The first-order valence-corrected chi connectivity index (χ1v) is 9.79. The van der Waals surface area contributed by atoms with Gasteiger partial charge in [0.15, 0.2) is 0 Å². The highest BCUT2D eigenvalue weighted by Gasteiger charge is 2.26. The van der Waals surface area contributed by atoms with E-state index in [1.165, 1.54) is 41.8 Å². The van der Waals surface area contributed by atoms with Crippen LogP contribution in [-0.2, 0) is 0 Å². The minimum absolute atomic E-state index is 0.526. The van der Waals surface area contributed by atoms with Crippen molar-refractivity contribution in [1.29, 1.82) is 0 Å². The molecule has 0 radical (unpaired) electrons. The number of rotatable bonds is 6. The number of allylic oxidation sites excluding steroid dienone is 4. The lowest BCUT2D eigenvalue weighted by atomic mass is 10.0. The summed E-state index contributed by atoms with van der Waals surface area (Å²) in [4.78, 5) is 2.60. The van der Waals surface area contributed by atoms with Crippen LogP contribution in [0.2, 0.25) is 0 Å². The Morgan fingerprint density at radius 1 is 1.19 bits per heavy atom. The SMILES string of the molecule is C=C(NC(=C(C)C)c1ccc(C)cc1)C1CCN(CC2C=CC=CC2)C1. The van der Waals surface area contributed by atoms with Crippen molar-refractivity contribution < 1.29 is 0 Å². The van der Waals surface area contributed by atoms with Crippen LogP contribution in [0.15, 0.2) is 66.4 Å². The Labute approximate surface area is 159 Å². The predicted molar refractivity (Wildman–Crippen MR) is 113 cm³/mol. The van der Waals surface area contributed by atoms with Gasteiger partial charge in [-0.25, -0.2) is 0 Å². The van der Waals surface area contributed by atoms with Gasteiger partial charge in [-0.05, 0) is 51.6 Å². The highest BCUT2D eigenvalue weighted by Crippen LogP contribution is 2.26. The van der Waals surface area contributed by atoms with Crippen molar-refractivity contribution in [1.82, 2.24) is 10.2 Å². The van der Waals surface area contributed by atoms with Gasteiger partial charge in [-0.2, -0.15) is 0 Å². The number of aryl methyl sites for hydroxylation is 1. The van der Waals surface area contributed by atoms with Gasteiger partial charge < -0.3 is 10.2 Å². The van der Waals surface area contributed by atoms with E-state index in [0.29, 0.717) is 11.8 Å². The van der Waals surface area contributed by atoms with Gasteiger partial charge in [0.25, 0.3) is 0 Å². The molecule has 1 fully saturated rings. The van der Waals surface area contributed by atoms with Crippen molar-refractivity contribution in [3.8, 4) is 0 Å². The number of nitrogens with zero attached hydrogens (tertiary/aromatic N) is 1. The second-order valence-corrected chi connectivity index (χ2v) is 7.95. The van der Waals surface area contributed by atoms with Crippen molar-refractivity contribution in [2.24, 2.45) is 11.8 Å². The normalized spacial score (nSPS) is 22.4. The van der Waals surface area contributed by atoms with Crippen LogP contribution in [0.25, 0.3) is 5.70 Å². The summed E-state index contributed by atoms with van der Waals surface area (Å²) >= 11 is 0. The number of hydrogen-bond donors (Lipinski definition) is 1. The van der Waals surface area contributed by atoms with E-state index in [4.69, 9.17) is 0 Å². The fourth-order valence-corrected chi connectivity index (χ4v) is 3.85. The molecule has 1 aromatic rings. The average molecular weight is 349 g/mol. The van der Waals surface area contributed by atoms with Gasteiger partial charge in [0.05, 0.1) is 0 Å². The second-order valence-electron chi connectivity index (χ2n) is 7.95. The molecule has 0 bridgehead atoms. The summed E-state index contributed by atoms with van der Waals surface area (Å²) in [7, 11) is 0. The Kier molecular flexibility index (Phi) is 6.16. The summed E-state index contributed by atoms with van der Waals surface area (Å²) in [6.45, 7) is 14.3. The van der Waals surface area contributed by atoms with E-state index in [1.807, 2.05) is 0 Å². The zero-order chi connectivity index (χ0) is 18.5. The minimum Gasteiger partial charge on any atom is -0.359 e. The summed E-state index contributed by atoms with van der Waals surface area (Å²) in [6, 6.07) is 8.74. The molecular formula is C24H32N2. The maximum absolute atomic E-state index is 4.39. The lowest BCUT2D eigenvalue weighted by Gasteiger charge is -2.23. The summed E-state index contributed by atoms with van der Waals surface area (Å²) < 4.78 is 0. The van der Waals surface area contributed by atoms with Gasteiger partial charge in [-0.15, -0.1) is 0 Å². The first-order valence-electron chi connectivity index (χ1n) is 9.79. The standard InChI is InChI=1S/C24H32N2/c1-18(2)24(22-12-10-19(3)11-13-22)25-20(4)23-14-15-26(17-23)16-21-8-6-5-7-9-21/h5-8,10-13,21,23,25H,4,9,14-17H2,1-3H3. The molecule has 1 N–H and O–H groups in total. The predicted octanol–water partition coefficient (Wildman–Crippen LogP) is 5.30. The van der Waals surface area contributed by atoms with E-state index in [-0.39, 0.29) is 0 Å². The molecule has 1 saturated heterocycles. The lowest BCUT2D eigenvalue weighted by Crippen LogP contribution is -2.28. The molecule has 0 saturated carbocycles. The summed E-state index contributed by atoms with van der Waals surface area (Å²) in [5, 5.41) is 3.65. The largest absolute Gasteiger partial charge is 0.359 e. The van der Waals surface area contributed by atoms with Gasteiger partial charge in [0, 0.05) is 30.4 Å². The summed E-state index contributed by atoms with van der Waals surface area (Å²) in [5.74, 6) is 1.19. The van der Waals surface area contributed by atoms with E-state index in [9.17, 15) is 0 Å². The van der Waals surface area contributed by atoms with Gasteiger partial charge >= 0.3 is 0 Å². The van der Waals surface area contributed by atoms with Crippen molar-refractivity contribution in [3.05, 3.63) is 77.5 Å². The molecule has 1 aliphatic heterocycles. The molecule has 2 nitrogen and oxygen atoms in total. The Balaban J connectivity index is 1.58. The summed E-state index contributed by atoms with van der Waals surface area (Å²) in [6.07, 6.45) is 11.3. The Bertz CT molecular complexity index is 717. The van der Waals surface area contributed by atoms with Crippen LogP contribution < -0.4 is 5.32 Å². The smallest absolute Gasteiger partial charge is 0.0441 e. The number of hydrogen-bond acceptors (Lipinski definition) is 2. The molecule has 2 aliphatic rings. The van der Waals surface area contributed by atoms with Crippen LogP contribution in [0.5, 0.6) is 0 Å². The molecule has 2 heteroatoms. The van der Waals surface area contributed by atoms with Gasteiger partial charge in [-0.3, -0.25) is 0 Å². The Morgan fingerprint density at radius 3 is 2.62 bits per heavy atom. The van der Waals surface area contributed by atoms with Crippen LogP contribution >= 0.6 is 0 Å². The van der Waals surface area contributed by atoms with Crippen LogP contribution in [0.4, 0.5) is 0 Å². The van der Waals surface area contributed by atoms with E-state index >= 15 is 0 Å². The average Bonchev–Trinajstić information content (AvgIpc) is 3.10. The van der Waals surface area contributed by atoms with E-state index < -0.39 is 0 Å². The highest BCUT2D eigenvalue weighted by atomic mass is 15.2. The molecule has 0 aromatic heterocycles. The fourth-order valence-electron chi connectivity index (χ4n) is 3.85. The minimum atomic E-state index is 0.526. The molecule has 3 rings (SSSR count). The topological polar surface area (TPSA) is 15.3 Å². The molecule has 1 aromatic carbocycles. The molecule has 1 heterocycles. The number of benzene rings is 1. The van der Waals surface area contributed by atoms with E-state index in [1.54, 1.807) is 0 Å². The molecule has 0 spiro atoms. The van der Waals surface area contributed by atoms with Crippen LogP contribution in [0.1, 0.15) is 37.8 Å². The molecule has 1 aliphatic carbocycles. The van der Waals surface area contributed by atoms with Crippen molar-refractivity contribution in [2.45, 2.75) is 33.6 Å². The third kappa shape index (κ3) is 4.76. The van der Waals surface area contributed by atoms with Gasteiger partial charge in [0.1, 0.15) is 0 Å². The highest BCUT2D eigenvalue weighted by molar-refractivity contribution is 5.68. The van der Waals surface area contributed by atoms with E-state index in [2.05, 4.69) is 86.1 Å². The van der Waals surface area contributed by atoms with Crippen LogP contribution in [0, 0.1) is 18.8 Å². The first kappa shape index (κ1) is 18.7. The molecular weight excluding hydrogens is 316 g/mol. The number of nitrogens with one attached hydrogen (secondary N) is 1. The fraction of sp³-hybridized carbons (Fsp3) is 0.417. The quantitative estimate of drug-likeness (QED) is 0.750. The third-order valence-electron chi connectivity index (χ3n) is 5.45. The Hall–Kier alpha value is -2.06. The van der Waals surface area contributed by atoms with Crippen LogP contribution in [-0.4, -0.2) is 24.5 Å². The van der Waals surface area contributed by atoms with Gasteiger partial charge in [0.2, 0.25) is 0 Å². The Morgan fingerprint density at radius 2 is 1.96 bits per heavy atom. The van der Waals surface area contributed by atoms with Crippen molar-refractivity contribution in [3.63, 3.8) is 0 Å². The van der Waals surface area contributed by atoms with E-state index in [0.717, 1.165) is 18.8 Å². The molecule has 2 atom stereocenters. The van der Waals surface area contributed by atoms with Crippen molar-refractivity contribution >= 4 is 5.70 Å². The lowest BCUT2D eigenvalue weighted by molar-refractivity contribution is 0.295. The zero-order valence-electron chi connectivity index (χ0n) is 16.5. The zero-order valence-corrected chi connectivity index (χ0v) is 16.5. The van der Waals surface area contributed by atoms with Crippen molar-refractivity contribution in [2.75, 3.05) is 19.6 Å². The molecule has 26 heavy (non-hydrogen) atoms. The van der Waals surface area contributed by atoms with Gasteiger partial charge in [-0.1, -0.05) is 66.3 Å². The molecule has 138 valence electrons. The molecule has 0 amide bonds. The first-order chi connectivity index (χ1) is 12.5. The maximum Gasteiger partial charge on any atom is 0.0441 e. The van der Waals surface area contributed by atoms with Crippen LogP contribution in [0.3, 0.4) is 0 Å². The monoisotopic (exact) mass is 348 g/mol. The maximum atomic E-state index is 4.39. The number of likely N-dealkylation sites (tertiary alicyclic amines) is 1. The third-order valence-corrected chi connectivity index (χ3v) is 5.45. The second kappa shape index (κ2) is 8.55. The summed E-state index contributed by atoms with van der Waals surface area (Å²) in [5.41, 5.74) is 6.19. The molecule has 2 unspecified atom stereocenters.